The number of benzene rings is 2. The van der Waals surface area contributed by atoms with E-state index in [0.29, 0.717) is 23.6 Å². The minimum Gasteiger partial charge on any atom is -0.489 e. The van der Waals surface area contributed by atoms with E-state index in [9.17, 15) is 9.59 Å². The summed E-state index contributed by atoms with van der Waals surface area (Å²) >= 11 is 0. The van der Waals surface area contributed by atoms with Crippen LogP contribution in [0.1, 0.15) is 27.8 Å². The van der Waals surface area contributed by atoms with Gasteiger partial charge in [0.25, 0.3) is 0 Å². The summed E-state index contributed by atoms with van der Waals surface area (Å²) < 4.78 is 17.1. The molecule has 0 amide bonds. The molecule has 2 aromatic carbocycles. The second-order valence-corrected chi connectivity index (χ2v) is 6.54. The van der Waals surface area contributed by atoms with Crippen molar-refractivity contribution in [1.82, 2.24) is 9.78 Å². The number of aromatic nitrogens is 2. The van der Waals surface area contributed by atoms with E-state index >= 15 is 0 Å². The Morgan fingerprint density at radius 1 is 0.967 bits per heavy atom. The molecule has 0 fully saturated rings. The Morgan fingerprint density at radius 3 is 2.23 bits per heavy atom. The Hall–Kier alpha value is -3.87. The van der Waals surface area contributed by atoms with Crippen molar-refractivity contribution in [3.63, 3.8) is 0 Å². The largest absolute Gasteiger partial charge is 0.489 e. The van der Waals surface area contributed by atoms with Crippen molar-refractivity contribution in [1.29, 1.82) is 0 Å². The number of hydrogen-bond donors (Lipinski definition) is 0. The van der Waals surface area contributed by atoms with E-state index in [0.717, 1.165) is 5.57 Å². The molecule has 0 atom stereocenters. The SMILES string of the molecule is C=C(C)COc1ccccc1-c1nn(-c2ccccc2)c(C(=O)OC)c1C(=O)OC. The van der Waals surface area contributed by atoms with E-state index in [1.54, 1.807) is 42.5 Å². The van der Waals surface area contributed by atoms with Gasteiger partial charge in [-0.1, -0.05) is 36.9 Å². The lowest BCUT2D eigenvalue weighted by Gasteiger charge is -2.11. The smallest absolute Gasteiger partial charge is 0.357 e. The number of carbonyl (C=O) groups excluding carboxylic acids is 2. The van der Waals surface area contributed by atoms with Gasteiger partial charge in [-0.2, -0.15) is 5.10 Å². The summed E-state index contributed by atoms with van der Waals surface area (Å²) in [5.41, 5.74) is 2.19. The fraction of sp³-hybridized carbons (Fsp3) is 0.174. The predicted molar refractivity (Wildman–Crippen MR) is 112 cm³/mol. The monoisotopic (exact) mass is 406 g/mol. The van der Waals surface area contributed by atoms with Crippen molar-refractivity contribution >= 4 is 11.9 Å². The number of rotatable bonds is 7. The summed E-state index contributed by atoms with van der Waals surface area (Å²) in [4.78, 5) is 25.4. The van der Waals surface area contributed by atoms with Crippen LogP contribution in [0.5, 0.6) is 5.75 Å². The molecule has 1 aromatic heterocycles. The number of para-hydroxylation sites is 2. The van der Waals surface area contributed by atoms with Crippen molar-refractivity contribution in [3.05, 3.63) is 78.0 Å². The van der Waals surface area contributed by atoms with Crippen LogP contribution in [-0.2, 0) is 9.47 Å². The summed E-state index contributed by atoms with van der Waals surface area (Å²) in [5, 5.41) is 4.59. The van der Waals surface area contributed by atoms with Crippen LogP contribution < -0.4 is 4.74 Å². The van der Waals surface area contributed by atoms with Gasteiger partial charge in [-0.05, 0) is 36.8 Å². The first kappa shape index (κ1) is 20.9. The first-order valence-electron chi connectivity index (χ1n) is 9.19. The maximum atomic E-state index is 12.7. The lowest BCUT2D eigenvalue weighted by atomic mass is 10.0. The van der Waals surface area contributed by atoms with Gasteiger partial charge in [0.2, 0.25) is 0 Å². The quantitative estimate of drug-likeness (QED) is 0.435. The van der Waals surface area contributed by atoms with Gasteiger partial charge in [0.05, 0.1) is 19.9 Å². The van der Waals surface area contributed by atoms with Gasteiger partial charge < -0.3 is 14.2 Å². The minimum absolute atomic E-state index is 0.000391. The molecule has 0 aliphatic rings. The molecule has 30 heavy (non-hydrogen) atoms. The summed E-state index contributed by atoms with van der Waals surface area (Å²) in [6, 6.07) is 16.1. The van der Waals surface area contributed by atoms with Gasteiger partial charge in [0.15, 0.2) is 5.69 Å². The van der Waals surface area contributed by atoms with Crippen LogP contribution in [0.25, 0.3) is 16.9 Å². The van der Waals surface area contributed by atoms with Crippen LogP contribution in [0.3, 0.4) is 0 Å². The summed E-state index contributed by atoms with van der Waals surface area (Å²) in [6.07, 6.45) is 0. The highest BCUT2D eigenvalue weighted by molar-refractivity contribution is 6.07. The molecule has 0 unspecified atom stereocenters. The molecule has 0 radical (unpaired) electrons. The third-order valence-corrected chi connectivity index (χ3v) is 4.27. The van der Waals surface area contributed by atoms with Gasteiger partial charge in [-0.25, -0.2) is 14.3 Å². The Bertz CT molecular complexity index is 1090. The van der Waals surface area contributed by atoms with Gasteiger partial charge in [0, 0.05) is 5.56 Å². The third kappa shape index (κ3) is 4.10. The number of esters is 2. The maximum Gasteiger partial charge on any atom is 0.357 e. The zero-order valence-corrected chi connectivity index (χ0v) is 17.0. The average Bonchev–Trinajstić information content (AvgIpc) is 3.17. The molecular formula is C23H22N2O5. The van der Waals surface area contributed by atoms with Crippen LogP contribution in [0.2, 0.25) is 0 Å². The standard InChI is InChI=1S/C23H22N2O5/c1-15(2)14-30-18-13-9-8-12-17(18)20-19(22(26)28-3)21(23(27)29-4)25(24-20)16-10-6-5-7-11-16/h5-13H,1,14H2,2-4H3. The zero-order chi connectivity index (χ0) is 21.7. The number of hydrogen-bond acceptors (Lipinski definition) is 6. The van der Waals surface area contributed by atoms with Crippen molar-refractivity contribution in [2.24, 2.45) is 0 Å². The predicted octanol–water partition coefficient (Wildman–Crippen LogP) is 4.07. The fourth-order valence-electron chi connectivity index (χ4n) is 2.93. The van der Waals surface area contributed by atoms with E-state index in [1.807, 2.05) is 19.1 Å². The van der Waals surface area contributed by atoms with E-state index in [4.69, 9.17) is 14.2 Å². The van der Waals surface area contributed by atoms with Crippen LogP contribution >= 0.6 is 0 Å². The average molecular weight is 406 g/mol. The first-order chi connectivity index (χ1) is 14.5. The van der Waals surface area contributed by atoms with E-state index in [1.165, 1.54) is 18.9 Å². The Morgan fingerprint density at radius 2 is 1.60 bits per heavy atom. The number of carbonyl (C=O) groups is 2. The molecule has 0 aliphatic heterocycles. The summed E-state index contributed by atoms with van der Waals surface area (Å²) in [7, 11) is 2.49. The summed E-state index contributed by atoms with van der Waals surface area (Å²) in [5.74, 6) is -0.916. The molecule has 7 nitrogen and oxygen atoms in total. The van der Waals surface area contributed by atoms with Crippen LogP contribution in [0.15, 0.2) is 66.7 Å². The molecule has 0 aliphatic carbocycles. The molecule has 154 valence electrons. The molecular weight excluding hydrogens is 384 g/mol. The molecule has 0 spiro atoms. The van der Waals surface area contributed by atoms with Gasteiger partial charge in [-0.15, -0.1) is 0 Å². The van der Waals surface area contributed by atoms with Crippen LogP contribution in [0.4, 0.5) is 0 Å². The number of methoxy groups -OCH3 is 2. The van der Waals surface area contributed by atoms with Crippen molar-refractivity contribution in [2.45, 2.75) is 6.92 Å². The van der Waals surface area contributed by atoms with Gasteiger partial charge in [0.1, 0.15) is 23.6 Å². The molecule has 0 N–H and O–H groups in total. The summed E-state index contributed by atoms with van der Waals surface area (Å²) in [6.45, 7) is 5.99. The van der Waals surface area contributed by atoms with Crippen LogP contribution in [0, 0.1) is 0 Å². The molecule has 0 bridgehead atoms. The van der Waals surface area contributed by atoms with Crippen molar-refractivity contribution in [3.8, 4) is 22.7 Å². The highest BCUT2D eigenvalue weighted by Crippen LogP contribution is 2.35. The van der Waals surface area contributed by atoms with Crippen molar-refractivity contribution in [2.75, 3.05) is 20.8 Å². The lowest BCUT2D eigenvalue weighted by Crippen LogP contribution is -2.15. The minimum atomic E-state index is -0.710. The van der Waals surface area contributed by atoms with Crippen molar-refractivity contribution < 1.29 is 23.8 Å². The molecule has 0 saturated heterocycles. The van der Waals surface area contributed by atoms with Gasteiger partial charge >= 0.3 is 11.9 Å². The highest BCUT2D eigenvalue weighted by Gasteiger charge is 2.32. The Labute approximate surface area is 174 Å². The number of nitrogens with zero attached hydrogens (tertiary/aromatic N) is 2. The number of ether oxygens (including phenoxy) is 3. The van der Waals surface area contributed by atoms with E-state index in [2.05, 4.69) is 11.7 Å². The van der Waals surface area contributed by atoms with Crippen LogP contribution in [-0.4, -0.2) is 42.5 Å². The maximum absolute atomic E-state index is 12.7. The molecule has 0 saturated carbocycles. The fourth-order valence-corrected chi connectivity index (χ4v) is 2.93. The first-order valence-corrected chi connectivity index (χ1v) is 9.19. The highest BCUT2D eigenvalue weighted by atomic mass is 16.5. The third-order valence-electron chi connectivity index (χ3n) is 4.27. The van der Waals surface area contributed by atoms with E-state index in [-0.39, 0.29) is 17.0 Å². The molecule has 3 aromatic rings. The molecule has 7 heteroatoms. The Balaban J connectivity index is 2.30. The normalized spacial score (nSPS) is 10.4. The Kier molecular flexibility index (Phi) is 6.32. The topological polar surface area (TPSA) is 79.7 Å². The van der Waals surface area contributed by atoms with E-state index < -0.39 is 11.9 Å². The second-order valence-electron chi connectivity index (χ2n) is 6.54. The molecule has 1 heterocycles. The zero-order valence-electron chi connectivity index (χ0n) is 17.0. The lowest BCUT2D eigenvalue weighted by molar-refractivity contribution is 0.0549. The second kappa shape index (κ2) is 9.09. The molecule has 3 rings (SSSR count). The van der Waals surface area contributed by atoms with Gasteiger partial charge in [-0.3, -0.25) is 0 Å².